The van der Waals surface area contributed by atoms with Crippen LogP contribution in [0.5, 0.6) is 0 Å². The lowest BCUT2D eigenvalue weighted by Crippen LogP contribution is -2.20. The van der Waals surface area contributed by atoms with E-state index < -0.39 is 11.4 Å². The lowest BCUT2D eigenvalue weighted by molar-refractivity contribution is -0.140. The van der Waals surface area contributed by atoms with E-state index in [1.165, 1.54) is 7.11 Å². The van der Waals surface area contributed by atoms with Gasteiger partial charge in [-0.05, 0) is 37.8 Å². The van der Waals surface area contributed by atoms with Crippen molar-refractivity contribution in [2.24, 2.45) is 5.92 Å². The first-order valence-corrected chi connectivity index (χ1v) is 7.59. The van der Waals surface area contributed by atoms with E-state index in [1.54, 1.807) is 4.31 Å². The lowest BCUT2D eigenvalue weighted by Gasteiger charge is -2.11. The highest BCUT2D eigenvalue weighted by Crippen LogP contribution is 2.49. The van der Waals surface area contributed by atoms with Crippen LogP contribution < -0.4 is 0 Å². The van der Waals surface area contributed by atoms with Crippen molar-refractivity contribution in [1.29, 1.82) is 0 Å². The summed E-state index contributed by atoms with van der Waals surface area (Å²) in [6, 6.07) is 7.39. The molecule has 1 saturated heterocycles. The summed E-state index contributed by atoms with van der Waals surface area (Å²) in [7, 11) is 1.39. The Hall–Kier alpha value is -1.04. The Morgan fingerprint density at radius 1 is 1.37 bits per heavy atom. The Balaban J connectivity index is 1.77. The highest BCUT2D eigenvalue weighted by Gasteiger charge is 2.66. The van der Waals surface area contributed by atoms with Crippen LogP contribution in [-0.4, -0.2) is 34.0 Å². The van der Waals surface area contributed by atoms with E-state index in [9.17, 15) is 9.35 Å². The summed E-state index contributed by atoms with van der Waals surface area (Å²) in [6.07, 6.45) is 2.25. The summed E-state index contributed by atoms with van der Waals surface area (Å²) >= 11 is -1.26. The van der Waals surface area contributed by atoms with Gasteiger partial charge in [0.25, 0.3) is 0 Å². The number of carbonyl (C=O) groups excluding carboxylic acids is 1. The minimum Gasteiger partial charge on any atom is -0.593 e. The van der Waals surface area contributed by atoms with Crippen LogP contribution >= 0.6 is 0 Å². The third-order valence-corrected chi connectivity index (χ3v) is 5.29. The molecule has 1 aromatic rings. The molecule has 3 rings (SSSR count). The van der Waals surface area contributed by atoms with E-state index in [-0.39, 0.29) is 18.1 Å². The van der Waals surface area contributed by atoms with E-state index in [2.05, 4.69) is 0 Å². The molecule has 1 saturated carbocycles. The molecular weight excluding hydrogens is 262 g/mol. The lowest BCUT2D eigenvalue weighted by atomic mass is 10.2. The van der Waals surface area contributed by atoms with E-state index in [4.69, 9.17) is 4.74 Å². The van der Waals surface area contributed by atoms with E-state index in [1.807, 2.05) is 31.2 Å². The fourth-order valence-electron chi connectivity index (χ4n) is 2.49. The van der Waals surface area contributed by atoms with E-state index in [0.717, 1.165) is 23.3 Å². The third-order valence-electron chi connectivity index (χ3n) is 3.76. The molecule has 1 aliphatic carbocycles. The van der Waals surface area contributed by atoms with Crippen LogP contribution in [0.1, 0.15) is 18.4 Å². The van der Waals surface area contributed by atoms with Gasteiger partial charge in [0, 0.05) is 0 Å². The maximum Gasteiger partial charge on any atom is 0.329 e. The predicted octanol–water partition coefficient (Wildman–Crippen LogP) is 1.65. The number of hydrogen-bond acceptors (Lipinski definition) is 4. The SMILES string of the molecule is COC(=O)[C@H]1[C@@H](C2CC2)N1[S@+]([O-])c1ccc(C)cc1. The van der Waals surface area contributed by atoms with Crippen molar-refractivity contribution in [2.45, 2.75) is 36.7 Å². The largest absolute Gasteiger partial charge is 0.593 e. The van der Waals surface area contributed by atoms with Crippen molar-refractivity contribution in [3.8, 4) is 0 Å². The van der Waals surface area contributed by atoms with Crippen molar-refractivity contribution >= 4 is 17.3 Å². The normalized spacial score (nSPS) is 30.8. The molecule has 1 aliphatic heterocycles. The number of ether oxygens (including phenoxy) is 1. The van der Waals surface area contributed by atoms with Crippen LogP contribution in [0.2, 0.25) is 0 Å². The number of methoxy groups -OCH3 is 1. The molecule has 4 atom stereocenters. The van der Waals surface area contributed by atoms with Gasteiger partial charge in [0.1, 0.15) is 0 Å². The van der Waals surface area contributed by atoms with Gasteiger partial charge in [-0.2, -0.15) is 0 Å². The van der Waals surface area contributed by atoms with Gasteiger partial charge in [-0.1, -0.05) is 17.7 Å². The Bertz CT molecular complexity index is 486. The highest BCUT2D eigenvalue weighted by molar-refractivity contribution is 7.89. The minimum atomic E-state index is -1.26. The standard InChI is InChI=1S/C14H17NO3S/c1-9-3-7-11(8-4-9)19(17)15-12(10-5-6-10)13(15)14(16)18-2/h3-4,7-8,10,12-13H,5-6H2,1-2H3/t12-,13-,15?,19-/m1/s1. The summed E-state index contributed by atoms with van der Waals surface area (Å²) in [5.74, 6) is 0.246. The van der Waals surface area contributed by atoms with Gasteiger partial charge in [-0.25, -0.2) is 0 Å². The van der Waals surface area contributed by atoms with Crippen molar-refractivity contribution in [3.05, 3.63) is 29.8 Å². The summed E-state index contributed by atoms with van der Waals surface area (Å²) < 4.78 is 19.1. The zero-order valence-electron chi connectivity index (χ0n) is 11.0. The number of aryl methyl sites for hydroxylation is 1. The number of rotatable bonds is 4. The average molecular weight is 279 g/mol. The monoisotopic (exact) mass is 279 g/mol. The Labute approximate surface area is 116 Å². The molecule has 102 valence electrons. The maximum atomic E-state index is 12.5. The van der Waals surface area contributed by atoms with Crippen molar-refractivity contribution < 1.29 is 14.1 Å². The quantitative estimate of drug-likeness (QED) is 0.478. The number of benzene rings is 1. The van der Waals surface area contributed by atoms with Crippen LogP contribution in [0.4, 0.5) is 0 Å². The van der Waals surface area contributed by atoms with Crippen LogP contribution in [0.25, 0.3) is 0 Å². The van der Waals surface area contributed by atoms with Crippen molar-refractivity contribution in [1.82, 2.24) is 4.31 Å². The Morgan fingerprint density at radius 2 is 2.00 bits per heavy atom. The van der Waals surface area contributed by atoms with Gasteiger partial charge >= 0.3 is 5.97 Å². The van der Waals surface area contributed by atoms with Crippen molar-refractivity contribution in [2.75, 3.05) is 7.11 Å². The topological polar surface area (TPSA) is 52.4 Å². The molecule has 19 heavy (non-hydrogen) atoms. The third kappa shape index (κ3) is 2.38. The van der Waals surface area contributed by atoms with Crippen LogP contribution in [0.15, 0.2) is 29.2 Å². The maximum absolute atomic E-state index is 12.5. The fraction of sp³-hybridized carbons (Fsp3) is 0.500. The molecule has 4 nitrogen and oxygen atoms in total. The fourth-order valence-corrected chi connectivity index (χ4v) is 3.97. The van der Waals surface area contributed by atoms with Gasteiger partial charge in [0.2, 0.25) is 0 Å². The van der Waals surface area contributed by atoms with Gasteiger partial charge in [0.15, 0.2) is 10.9 Å². The zero-order chi connectivity index (χ0) is 13.6. The highest BCUT2D eigenvalue weighted by atomic mass is 32.2. The second-order valence-corrected chi connectivity index (χ2v) is 6.61. The Morgan fingerprint density at radius 3 is 2.53 bits per heavy atom. The molecule has 0 bridgehead atoms. The van der Waals surface area contributed by atoms with Crippen LogP contribution in [-0.2, 0) is 20.9 Å². The molecule has 0 spiro atoms. The first-order chi connectivity index (χ1) is 9.13. The molecule has 0 aromatic heterocycles. The van der Waals surface area contributed by atoms with Crippen molar-refractivity contribution in [3.63, 3.8) is 0 Å². The molecule has 0 N–H and O–H groups in total. The van der Waals surface area contributed by atoms with Crippen LogP contribution in [0.3, 0.4) is 0 Å². The van der Waals surface area contributed by atoms with E-state index >= 15 is 0 Å². The molecule has 2 aliphatic rings. The molecule has 2 fully saturated rings. The van der Waals surface area contributed by atoms with Gasteiger partial charge in [-0.15, -0.1) is 4.31 Å². The summed E-state index contributed by atoms with van der Waals surface area (Å²) in [4.78, 5) is 12.5. The Kier molecular flexibility index (Phi) is 3.28. The zero-order valence-corrected chi connectivity index (χ0v) is 11.9. The van der Waals surface area contributed by atoms with Gasteiger partial charge in [0.05, 0.1) is 24.5 Å². The minimum absolute atomic E-state index is 0.106. The first kappa shape index (κ1) is 13.0. The smallest absolute Gasteiger partial charge is 0.329 e. The second kappa shape index (κ2) is 4.81. The molecule has 0 radical (unpaired) electrons. The number of esters is 1. The molecule has 0 amide bonds. The number of carbonyl (C=O) groups is 1. The molecule has 1 unspecified atom stereocenters. The molecule has 1 aromatic carbocycles. The summed E-state index contributed by atoms with van der Waals surface area (Å²) in [5.41, 5.74) is 1.13. The average Bonchev–Trinajstić information content (AvgIpc) is 3.28. The number of hydrogen-bond donors (Lipinski definition) is 0. The summed E-state index contributed by atoms with van der Waals surface area (Å²) in [6.45, 7) is 1.99. The number of nitrogens with zero attached hydrogens (tertiary/aromatic N) is 1. The van der Waals surface area contributed by atoms with Gasteiger partial charge in [-0.3, -0.25) is 4.79 Å². The second-order valence-electron chi connectivity index (χ2n) is 5.22. The predicted molar refractivity (Wildman–Crippen MR) is 71.7 cm³/mol. The first-order valence-electron chi connectivity index (χ1n) is 6.48. The molecular formula is C14H17NO3S. The van der Waals surface area contributed by atoms with Gasteiger partial charge < -0.3 is 9.29 Å². The molecule has 1 heterocycles. The summed E-state index contributed by atoms with van der Waals surface area (Å²) in [5, 5.41) is 0. The van der Waals surface area contributed by atoms with E-state index in [0.29, 0.717) is 5.92 Å². The van der Waals surface area contributed by atoms with Crippen LogP contribution in [0, 0.1) is 12.8 Å². The molecule has 5 heteroatoms.